The zero-order valence-corrected chi connectivity index (χ0v) is 21.4. The number of amides is 1. The zero-order valence-electron chi connectivity index (χ0n) is 20.6. The fraction of sp³-hybridized carbons (Fsp3) is 0.345. The van der Waals surface area contributed by atoms with Crippen molar-refractivity contribution in [2.24, 2.45) is 0 Å². The van der Waals surface area contributed by atoms with Crippen LogP contribution in [0.4, 0.5) is 5.13 Å². The van der Waals surface area contributed by atoms with Gasteiger partial charge >= 0.3 is 0 Å². The highest BCUT2D eigenvalue weighted by Gasteiger charge is 2.24. The summed E-state index contributed by atoms with van der Waals surface area (Å²) in [5.74, 6) is 1.47. The number of nitrogens with one attached hydrogen (secondary N) is 1. The van der Waals surface area contributed by atoms with Gasteiger partial charge in [0.05, 0.1) is 28.1 Å². The molecule has 37 heavy (non-hydrogen) atoms. The van der Waals surface area contributed by atoms with Crippen LogP contribution in [0.15, 0.2) is 60.8 Å². The number of nitrogens with zero attached hydrogens (tertiary/aromatic N) is 3. The van der Waals surface area contributed by atoms with Crippen molar-refractivity contribution in [3.63, 3.8) is 0 Å². The van der Waals surface area contributed by atoms with Crippen molar-refractivity contribution in [3.8, 4) is 22.8 Å². The van der Waals surface area contributed by atoms with Crippen LogP contribution in [-0.4, -0.2) is 51.1 Å². The Morgan fingerprint density at radius 1 is 1.00 bits per heavy atom. The van der Waals surface area contributed by atoms with Crippen molar-refractivity contribution in [2.45, 2.75) is 50.7 Å². The number of likely N-dealkylation sites (tertiary alicyclic amines) is 1. The molecule has 6 rings (SSSR count). The number of aliphatic hydroxyl groups excluding tert-OH is 1. The normalized spacial score (nSPS) is 19.8. The van der Waals surface area contributed by atoms with Crippen LogP contribution in [0, 0.1) is 0 Å². The minimum atomic E-state index is -0.320. The van der Waals surface area contributed by atoms with Gasteiger partial charge in [-0.3, -0.25) is 9.78 Å². The molecule has 2 aromatic heterocycles. The third kappa shape index (κ3) is 5.31. The molecule has 190 valence electrons. The molecule has 2 atom stereocenters. The van der Waals surface area contributed by atoms with Gasteiger partial charge in [0.25, 0.3) is 5.91 Å². The molecule has 1 aliphatic carbocycles. The highest BCUT2D eigenvalue weighted by atomic mass is 32.1. The van der Waals surface area contributed by atoms with Crippen molar-refractivity contribution in [2.75, 3.05) is 18.4 Å². The Kier molecular flexibility index (Phi) is 6.76. The van der Waals surface area contributed by atoms with Gasteiger partial charge in [-0.25, -0.2) is 4.98 Å². The molecule has 2 aliphatic rings. The van der Waals surface area contributed by atoms with E-state index >= 15 is 0 Å². The minimum Gasteiger partial charge on any atom is -0.457 e. The Balaban J connectivity index is 1.18. The standard InChI is InChI=1S/C29H30N4O3S/c34-26-9-2-1-8-23(26)31-29-32-24-11-10-21(18-27(24)37-29)36-22-12-13-30-25(17-22)19-6-5-7-20(16-19)28(35)33-14-3-4-15-33/h5-7,10-13,16-18,23,26,34H,1-4,8-9,14-15H2,(H,31,32)/t23-,26-/m1/s1. The third-order valence-electron chi connectivity index (χ3n) is 7.16. The summed E-state index contributed by atoms with van der Waals surface area (Å²) < 4.78 is 7.21. The Morgan fingerprint density at radius 3 is 2.70 bits per heavy atom. The Hall–Kier alpha value is -3.49. The number of aromatic nitrogens is 2. The van der Waals surface area contributed by atoms with Crippen LogP contribution < -0.4 is 10.1 Å². The van der Waals surface area contributed by atoms with Gasteiger partial charge in [-0.2, -0.15) is 0 Å². The van der Waals surface area contributed by atoms with Gasteiger partial charge in [0, 0.05) is 42.5 Å². The van der Waals surface area contributed by atoms with Crippen LogP contribution in [0.2, 0.25) is 0 Å². The van der Waals surface area contributed by atoms with Crippen LogP contribution >= 0.6 is 11.3 Å². The summed E-state index contributed by atoms with van der Waals surface area (Å²) in [6.45, 7) is 1.66. The van der Waals surface area contributed by atoms with Gasteiger partial charge in [0.15, 0.2) is 5.13 Å². The summed E-state index contributed by atoms with van der Waals surface area (Å²) >= 11 is 1.57. The molecule has 0 radical (unpaired) electrons. The van der Waals surface area contributed by atoms with Crippen molar-refractivity contribution >= 4 is 32.6 Å². The fourth-order valence-electron chi connectivity index (χ4n) is 5.15. The summed E-state index contributed by atoms with van der Waals surface area (Å²) in [5.41, 5.74) is 3.23. The maximum Gasteiger partial charge on any atom is 0.253 e. The molecule has 1 aliphatic heterocycles. The van der Waals surface area contributed by atoms with E-state index in [-0.39, 0.29) is 18.1 Å². The van der Waals surface area contributed by atoms with E-state index in [1.54, 1.807) is 17.5 Å². The quantitative estimate of drug-likeness (QED) is 0.323. The first kappa shape index (κ1) is 23.9. The van der Waals surface area contributed by atoms with Gasteiger partial charge < -0.3 is 20.1 Å². The lowest BCUT2D eigenvalue weighted by Gasteiger charge is -2.27. The molecule has 1 saturated heterocycles. The number of thiazole rings is 1. The average molecular weight is 515 g/mol. The number of carbonyl (C=O) groups is 1. The molecule has 1 amide bonds. The lowest BCUT2D eigenvalue weighted by atomic mass is 9.93. The molecule has 0 bridgehead atoms. The first-order valence-electron chi connectivity index (χ1n) is 13.0. The summed E-state index contributed by atoms with van der Waals surface area (Å²) in [5, 5.41) is 14.5. The molecule has 7 nitrogen and oxygen atoms in total. The SMILES string of the molecule is O=C(c1cccc(-c2cc(Oc3ccc4nc(N[C@@H]5CCCC[C@H]5O)sc4c3)ccn2)c1)N1CCCC1. The molecular weight excluding hydrogens is 484 g/mol. The molecule has 2 aromatic carbocycles. The van der Waals surface area contributed by atoms with E-state index in [9.17, 15) is 9.90 Å². The molecule has 4 aromatic rings. The largest absolute Gasteiger partial charge is 0.457 e. The predicted octanol–water partition coefficient (Wildman–Crippen LogP) is 6.10. The fourth-order valence-corrected chi connectivity index (χ4v) is 6.11. The molecule has 8 heteroatoms. The Morgan fingerprint density at radius 2 is 1.84 bits per heavy atom. The lowest BCUT2D eigenvalue weighted by molar-refractivity contribution is 0.0793. The summed E-state index contributed by atoms with van der Waals surface area (Å²) in [7, 11) is 0. The van der Waals surface area contributed by atoms with Gasteiger partial charge in [-0.15, -0.1) is 0 Å². The van der Waals surface area contributed by atoms with Gasteiger partial charge in [0.1, 0.15) is 11.5 Å². The smallest absolute Gasteiger partial charge is 0.253 e. The second kappa shape index (κ2) is 10.5. The van der Waals surface area contributed by atoms with Crippen molar-refractivity contribution < 1.29 is 14.6 Å². The van der Waals surface area contributed by atoms with E-state index in [2.05, 4.69) is 10.3 Å². The number of anilines is 1. The number of fused-ring (bicyclic) bond motifs is 1. The summed E-state index contributed by atoms with van der Waals surface area (Å²) in [6.07, 6.45) is 7.56. The number of benzene rings is 2. The molecule has 0 spiro atoms. The highest BCUT2D eigenvalue weighted by molar-refractivity contribution is 7.22. The van der Waals surface area contributed by atoms with Crippen LogP contribution in [-0.2, 0) is 0 Å². The van der Waals surface area contributed by atoms with Gasteiger partial charge in [-0.05, 0) is 56.0 Å². The zero-order chi connectivity index (χ0) is 25.2. The number of carbonyl (C=O) groups excluding carboxylic acids is 1. The number of hydrogen-bond acceptors (Lipinski definition) is 7. The van der Waals surface area contributed by atoms with Crippen LogP contribution in [0.5, 0.6) is 11.5 Å². The molecule has 0 unspecified atom stereocenters. The maximum atomic E-state index is 12.8. The molecule has 1 saturated carbocycles. The van der Waals surface area contributed by atoms with Gasteiger partial charge in [0.2, 0.25) is 0 Å². The number of ether oxygens (including phenoxy) is 1. The third-order valence-corrected chi connectivity index (χ3v) is 8.11. The summed E-state index contributed by atoms with van der Waals surface area (Å²) in [4.78, 5) is 24.0. The monoisotopic (exact) mass is 514 g/mol. The van der Waals surface area contributed by atoms with E-state index in [1.807, 2.05) is 59.5 Å². The van der Waals surface area contributed by atoms with E-state index in [0.717, 1.165) is 84.0 Å². The predicted molar refractivity (Wildman–Crippen MR) is 146 cm³/mol. The van der Waals surface area contributed by atoms with E-state index < -0.39 is 0 Å². The van der Waals surface area contributed by atoms with E-state index in [1.165, 1.54) is 0 Å². The van der Waals surface area contributed by atoms with Gasteiger partial charge in [-0.1, -0.05) is 36.3 Å². The Bertz CT molecular complexity index is 1420. The average Bonchev–Trinajstić information content (AvgIpc) is 3.60. The van der Waals surface area contributed by atoms with Crippen molar-refractivity contribution in [3.05, 3.63) is 66.4 Å². The van der Waals surface area contributed by atoms with Crippen molar-refractivity contribution in [1.29, 1.82) is 0 Å². The minimum absolute atomic E-state index is 0.0596. The van der Waals surface area contributed by atoms with Crippen molar-refractivity contribution in [1.82, 2.24) is 14.9 Å². The van der Waals surface area contributed by atoms with Crippen LogP contribution in [0.3, 0.4) is 0 Å². The number of rotatable bonds is 6. The van der Waals surface area contributed by atoms with Crippen LogP contribution in [0.25, 0.3) is 21.5 Å². The second-order valence-electron chi connectivity index (χ2n) is 9.81. The summed E-state index contributed by atoms with van der Waals surface area (Å²) in [6, 6.07) is 17.3. The van der Waals surface area contributed by atoms with Crippen LogP contribution in [0.1, 0.15) is 48.9 Å². The first-order chi connectivity index (χ1) is 18.1. The molecule has 3 heterocycles. The lowest BCUT2D eigenvalue weighted by Crippen LogP contribution is -2.36. The first-order valence-corrected chi connectivity index (χ1v) is 13.8. The number of pyridine rings is 1. The number of aliphatic hydroxyl groups is 1. The molecule has 2 fully saturated rings. The molecule has 2 N–H and O–H groups in total. The number of hydrogen-bond donors (Lipinski definition) is 2. The second-order valence-corrected chi connectivity index (χ2v) is 10.8. The maximum absolute atomic E-state index is 12.8. The Labute approximate surface area is 220 Å². The highest BCUT2D eigenvalue weighted by Crippen LogP contribution is 2.33. The topological polar surface area (TPSA) is 87.6 Å². The van der Waals surface area contributed by atoms with E-state index in [4.69, 9.17) is 9.72 Å². The molecular formula is C29H30N4O3S. The van der Waals surface area contributed by atoms with E-state index in [0.29, 0.717) is 11.3 Å².